The number of hydrogen-bond donors (Lipinski definition) is 5. The molecular formula is C10H15N2O13P3S. The fraction of sp³-hybridized carbons (Fsp3) is 0.600. The van der Waals surface area contributed by atoms with Crippen molar-refractivity contribution in [3.05, 3.63) is 32.6 Å². The molecule has 0 bridgehead atoms. The molecule has 0 aromatic carbocycles. The molecule has 3 heterocycles. The molecule has 29 heavy (non-hydrogen) atoms. The van der Waals surface area contributed by atoms with Gasteiger partial charge in [0, 0.05) is 13.2 Å². The number of aromatic amines is 1. The first-order valence-corrected chi connectivity index (χ1v) is 13.1. The van der Waals surface area contributed by atoms with Crippen molar-refractivity contribution in [2.45, 2.75) is 24.4 Å². The second-order valence-electron chi connectivity index (χ2n) is 5.96. The second-order valence-corrected chi connectivity index (χ2v) is 12.3. The normalized spacial score (nSPS) is 42.8. The minimum absolute atomic E-state index is 0.165. The highest BCUT2D eigenvalue weighted by molar-refractivity contribution is 8.11. The van der Waals surface area contributed by atoms with E-state index in [4.69, 9.17) is 21.1 Å². The Hall–Kier alpha value is -0.570. The van der Waals surface area contributed by atoms with Gasteiger partial charge in [-0.25, -0.2) is 22.5 Å². The van der Waals surface area contributed by atoms with Crippen molar-refractivity contribution in [1.82, 2.24) is 9.55 Å². The third-order valence-corrected chi connectivity index (χ3v) is 10.7. The molecule has 0 aliphatic carbocycles. The Morgan fingerprint density at radius 2 is 1.76 bits per heavy atom. The Balaban J connectivity index is 1.76. The van der Waals surface area contributed by atoms with Gasteiger partial charge in [-0.3, -0.25) is 9.78 Å². The summed E-state index contributed by atoms with van der Waals surface area (Å²) >= 11 is 4.74. The summed E-state index contributed by atoms with van der Waals surface area (Å²) in [4.78, 5) is 44.0. The lowest BCUT2D eigenvalue weighted by atomic mass is 10.0. The third-order valence-electron chi connectivity index (χ3n) is 3.81. The Morgan fingerprint density at radius 3 is 2.34 bits per heavy atom. The third kappa shape index (κ3) is 5.02. The molecule has 3 rings (SSSR count). The summed E-state index contributed by atoms with van der Waals surface area (Å²) in [6.07, 6.45) is -4.84. The summed E-state index contributed by atoms with van der Waals surface area (Å²) in [5.41, 5.74) is -1.72. The summed E-state index contributed by atoms with van der Waals surface area (Å²) in [6, 6.07) is 0. The maximum Gasteiger partial charge on any atom is 0.488 e. The van der Waals surface area contributed by atoms with Crippen LogP contribution in [-0.2, 0) is 50.2 Å². The number of aromatic nitrogens is 2. The number of ether oxygens (including phenoxy) is 1. The van der Waals surface area contributed by atoms with Gasteiger partial charge in [0.15, 0.2) is 0 Å². The van der Waals surface area contributed by atoms with Gasteiger partial charge in [-0.2, -0.15) is 4.31 Å². The van der Waals surface area contributed by atoms with Crippen molar-refractivity contribution in [1.29, 1.82) is 0 Å². The van der Waals surface area contributed by atoms with E-state index in [2.05, 4.69) is 12.9 Å². The van der Waals surface area contributed by atoms with E-state index in [0.717, 1.165) is 10.8 Å². The van der Waals surface area contributed by atoms with Crippen molar-refractivity contribution in [3.63, 3.8) is 0 Å². The molecule has 2 aliphatic heterocycles. The van der Waals surface area contributed by atoms with Crippen LogP contribution in [0, 0.1) is 0 Å². The van der Waals surface area contributed by atoms with E-state index >= 15 is 0 Å². The highest BCUT2D eigenvalue weighted by Crippen LogP contribution is 2.80. The maximum atomic E-state index is 12.0. The first-order chi connectivity index (χ1) is 13.2. The van der Waals surface area contributed by atoms with Crippen LogP contribution in [0.25, 0.3) is 0 Å². The standard InChI is InChI=1S/C10H15N2O13P3S/c1-12-2-4(9(15)11-10(12)16)8-7(14)6(13)5(22-8)3-21-28(29)24-26(17,18)23-27(19,20)25-28/h2,5-8,13-14H,3H2,1H3,(H,17,18)(H,19,20)(H,11,15,16)/t5-,6?,7?,8+/m1/s1. The Labute approximate surface area is 166 Å². The summed E-state index contributed by atoms with van der Waals surface area (Å²) in [5, 5.41) is 20.3. The number of hydrogen-bond acceptors (Lipinski definition) is 12. The van der Waals surface area contributed by atoms with Crippen LogP contribution < -0.4 is 11.2 Å². The van der Waals surface area contributed by atoms with E-state index in [0.29, 0.717) is 0 Å². The lowest BCUT2D eigenvalue weighted by Crippen LogP contribution is -2.35. The zero-order chi connectivity index (χ0) is 21.8. The van der Waals surface area contributed by atoms with Crippen LogP contribution >= 0.6 is 22.4 Å². The highest BCUT2D eigenvalue weighted by Gasteiger charge is 2.52. The summed E-state index contributed by atoms with van der Waals surface area (Å²) in [7, 11) is -8.75. The first kappa shape index (κ1) is 23.1. The van der Waals surface area contributed by atoms with Crippen LogP contribution in [0.3, 0.4) is 0 Å². The van der Waals surface area contributed by atoms with Gasteiger partial charge in [-0.05, 0) is 11.8 Å². The smallest absolute Gasteiger partial charge is 0.387 e. The highest BCUT2D eigenvalue weighted by atomic mass is 32.5. The quantitative estimate of drug-likeness (QED) is 0.308. The number of aliphatic hydroxyl groups excluding tert-OH is 2. The molecule has 4 unspecified atom stereocenters. The SMILES string of the molecule is Cn1cc([C@@H]2O[C@H](COP3(=S)OP(=O)(O)OP(=O)(O)O3)C(O)C2O)c(=O)[nH]c1=O. The van der Waals surface area contributed by atoms with E-state index in [-0.39, 0.29) is 5.56 Å². The van der Waals surface area contributed by atoms with Gasteiger partial charge >= 0.3 is 28.1 Å². The summed E-state index contributed by atoms with van der Waals surface area (Å²) in [5.74, 6) is 0. The van der Waals surface area contributed by atoms with Crippen LogP contribution in [0.2, 0.25) is 0 Å². The fourth-order valence-electron chi connectivity index (χ4n) is 2.57. The minimum atomic E-state index is -5.04. The zero-order valence-corrected chi connectivity index (χ0v) is 17.8. The number of H-pyrrole nitrogens is 1. The first-order valence-electron chi connectivity index (χ1n) is 7.58. The van der Waals surface area contributed by atoms with Crippen LogP contribution in [-0.4, -0.2) is 54.5 Å². The van der Waals surface area contributed by atoms with E-state index in [1.165, 1.54) is 7.05 Å². The number of nitrogens with zero attached hydrogens (tertiary/aromatic N) is 1. The Morgan fingerprint density at radius 1 is 1.17 bits per heavy atom. The number of aliphatic hydroxyl groups is 2. The molecule has 19 heteroatoms. The van der Waals surface area contributed by atoms with E-state index in [1.807, 2.05) is 4.98 Å². The van der Waals surface area contributed by atoms with Crippen LogP contribution in [0.4, 0.5) is 0 Å². The van der Waals surface area contributed by atoms with Crippen molar-refractivity contribution in [2.75, 3.05) is 6.61 Å². The molecular weight excluding hydrogens is 481 g/mol. The topological polar surface area (TPSA) is 216 Å². The summed E-state index contributed by atoms with van der Waals surface area (Å²) in [6.45, 7) is -4.99. The molecule has 2 saturated heterocycles. The molecule has 0 saturated carbocycles. The van der Waals surface area contributed by atoms with Gasteiger partial charge < -0.3 is 33.8 Å². The largest absolute Gasteiger partial charge is 0.488 e. The molecule has 6 atom stereocenters. The number of aryl methyl sites for hydroxylation is 1. The van der Waals surface area contributed by atoms with E-state index < -0.39 is 64.6 Å². The summed E-state index contributed by atoms with van der Waals surface area (Å²) < 4.78 is 47.1. The maximum absolute atomic E-state index is 12.0. The van der Waals surface area contributed by atoms with Crippen LogP contribution in [0.1, 0.15) is 11.7 Å². The van der Waals surface area contributed by atoms with Crippen molar-refractivity contribution >= 4 is 34.2 Å². The molecule has 15 nitrogen and oxygen atoms in total. The fourth-order valence-corrected chi connectivity index (χ4v) is 9.20. The van der Waals surface area contributed by atoms with Gasteiger partial charge in [0.2, 0.25) is 0 Å². The van der Waals surface area contributed by atoms with Crippen LogP contribution in [0.5, 0.6) is 0 Å². The number of rotatable bonds is 4. The molecule has 0 spiro atoms. The lowest BCUT2D eigenvalue weighted by molar-refractivity contribution is -0.0203. The average molecular weight is 496 g/mol. The average Bonchev–Trinajstić information content (AvgIpc) is 2.81. The molecule has 2 aliphatic rings. The van der Waals surface area contributed by atoms with Crippen molar-refractivity contribution < 1.29 is 51.3 Å². The molecule has 1 aromatic rings. The van der Waals surface area contributed by atoms with Crippen LogP contribution in [0.15, 0.2) is 15.8 Å². The molecule has 0 radical (unpaired) electrons. The number of phosphoric acid groups is 2. The van der Waals surface area contributed by atoms with Gasteiger partial charge in [-0.1, -0.05) is 0 Å². The van der Waals surface area contributed by atoms with Gasteiger partial charge in [-0.15, -0.1) is 0 Å². The van der Waals surface area contributed by atoms with Gasteiger partial charge in [0.05, 0.1) is 12.2 Å². The molecule has 164 valence electrons. The Kier molecular flexibility index (Phi) is 6.25. The molecule has 2 fully saturated rings. The Bertz CT molecular complexity index is 1040. The van der Waals surface area contributed by atoms with E-state index in [1.54, 1.807) is 0 Å². The van der Waals surface area contributed by atoms with Crippen molar-refractivity contribution in [3.8, 4) is 0 Å². The monoisotopic (exact) mass is 496 g/mol. The van der Waals surface area contributed by atoms with Crippen molar-refractivity contribution in [2.24, 2.45) is 7.05 Å². The zero-order valence-electron chi connectivity index (χ0n) is 14.3. The predicted octanol–water partition coefficient (Wildman–Crippen LogP) is -1.26. The second kappa shape index (κ2) is 7.84. The lowest BCUT2D eigenvalue weighted by Gasteiger charge is -2.30. The number of nitrogens with one attached hydrogen (secondary N) is 1. The predicted molar refractivity (Wildman–Crippen MR) is 95.1 cm³/mol. The van der Waals surface area contributed by atoms with Gasteiger partial charge in [0.1, 0.15) is 24.4 Å². The van der Waals surface area contributed by atoms with Gasteiger partial charge in [0.25, 0.3) is 5.56 Å². The van der Waals surface area contributed by atoms with E-state index in [9.17, 15) is 38.7 Å². The molecule has 5 N–H and O–H groups in total. The molecule has 0 amide bonds. The minimum Gasteiger partial charge on any atom is -0.387 e. The molecule has 1 aromatic heterocycles.